The van der Waals surface area contributed by atoms with Gasteiger partial charge >= 0.3 is 0 Å². The molecule has 6 aliphatic rings. The molecule has 0 bridgehead atoms. The van der Waals surface area contributed by atoms with Crippen LogP contribution in [0.3, 0.4) is 0 Å². The standard InChI is InChI=1S/C31H32N2O4/c34-20-14-25(35)30(26(36)15-20)31-32-24(16-27(33-31)37-21-6-1-2-7-21)22-12-10-19-9-8-17-4-3-5-18-11-13-23(22)29(19)28(17)18/h5,10-16,21,23,25,29-30,34-36H,1-4,6-9H2. The summed E-state index contributed by atoms with van der Waals surface area (Å²) in [5.41, 5.74) is 7.87. The third-order valence-corrected chi connectivity index (χ3v) is 8.79. The van der Waals surface area contributed by atoms with Gasteiger partial charge in [-0.1, -0.05) is 41.5 Å². The molecule has 6 heteroatoms. The SMILES string of the molecule is OC1=CC(O)C(c2nc(OC3CCCC3)cc(C3=CC=C4CCC5=C6C(=CCC5)C=CC3C46)n2)C(O)=C1. The van der Waals surface area contributed by atoms with E-state index in [4.69, 9.17) is 9.72 Å². The summed E-state index contributed by atoms with van der Waals surface area (Å²) >= 11 is 0. The normalized spacial score (nSPS) is 30.7. The molecule has 7 rings (SSSR count). The van der Waals surface area contributed by atoms with E-state index in [-0.39, 0.29) is 23.5 Å². The Bertz CT molecular complexity index is 1370. The summed E-state index contributed by atoms with van der Waals surface area (Å²) in [6, 6.07) is 1.92. The van der Waals surface area contributed by atoms with Gasteiger partial charge in [0.15, 0.2) is 0 Å². The van der Waals surface area contributed by atoms with Crippen molar-refractivity contribution >= 4 is 5.57 Å². The molecule has 3 N–H and O–H groups in total. The molecular weight excluding hydrogens is 464 g/mol. The molecule has 1 aromatic heterocycles. The molecule has 0 saturated heterocycles. The number of allylic oxidation sites excluding steroid dienone is 11. The maximum Gasteiger partial charge on any atom is 0.217 e. The Labute approximate surface area is 216 Å². The van der Waals surface area contributed by atoms with Crippen molar-refractivity contribution in [2.75, 3.05) is 0 Å². The summed E-state index contributed by atoms with van der Waals surface area (Å²) in [6.07, 6.45) is 21.8. The maximum absolute atomic E-state index is 10.7. The highest BCUT2D eigenvalue weighted by Gasteiger charge is 2.41. The Hall–Kier alpha value is -3.38. The zero-order valence-electron chi connectivity index (χ0n) is 20.8. The van der Waals surface area contributed by atoms with Crippen LogP contribution in [-0.4, -0.2) is 37.5 Å². The van der Waals surface area contributed by atoms with Crippen LogP contribution >= 0.6 is 0 Å². The number of aromatic nitrogens is 2. The first-order chi connectivity index (χ1) is 18.0. The van der Waals surface area contributed by atoms with Gasteiger partial charge in [-0.05, 0) is 74.2 Å². The number of rotatable bonds is 4. The van der Waals surface area contributed by atoms with Crippen LogP contribution in [0.25, 0.3) is 5.57 Å². The largest absolute Gasteiger partial charge is 0.511 e. The van der Waals surface area contributed by atoms with Crippen molar-refractivity contribution in [3.05, 3.63) is 93.9 Å². The molecule has 1 fully saturated rings. The van der Waals surface area contributed by atoms with Gasteiger partial charge in [0.05, 0.1) is 11.8 Å². The zero-order valence-corrected chi connectivity index (χ0v) is 20.8. The Morgan fingerprint density at radius 1 is 0.973 bits per heavy atom. The quantitative estimate of drug-likeness (QED) is 0.468. The molecule has 0 spiro atoms. The Morgan fingerprint density at radius 2 is 1.84 bits per heavy atom. The van der Waals surface area contributed by atoms with E-state index < -0.39 is 12.0 Å². The number of aliphatic hydroxyl groups excluding tert-OH is 3. The van der Waals surface area contributed by atoms with Gasteiger partial charge in [-0.3, -0.25) is 0 Å². The van der Waals surface area contributed by atoms with Crippen molar-refractivity contribution < 1.29 is 20.1 Å². The molecule has 0 aliphatic heterocycles. The van der Waals surface area contributed by atoms with Crippen molar-refractivity contribution in [1.29, 1.82) is 0 Å². The number of hydrogen-bond acceptors (Lipinski definition) is 6. The second kappa shape index (κ2) is 8.88. The van der Waals surface area contributed by atoms with E-state index in [1.807, 2.05) is 6.07 Å². The highest BCUT2D eigenvalue weighted by atomic mass is 16.5. The predicted molar refractivity (Wildman–Crippen MR) is 141 cm³/mol. The number of ether oxygens (including phenoxy) is 1. The molecule has 190 valence electrons. The Kier molecular flexibility index (Phi) is 5.47. The lowest BCUT2D eigenvalue weighted by Gasteiger charge is -2.43. The minimum Gasteiger partial charge on any atom is -0.511 e. The van der Waals surface area contributed by atoms with E-state index in [1.165, 1.54) is 28.9 Å². The highest BCUT2D eigenvalue weighted by Crippen LogP contribution is 2.53. The first kappa shape index (κ1) is 22.8. The van der Waals surface area contributed by atoms with Crippen LogP contribution in [0.5, 0.6) is 5.88 Å². The average molecular weight is 497 g/mol. The van der Waals surface area contributed by atoms with Gasteiger partial charge < -0.3 is 20.1 Å². The van der Waals surface area contributed by atoms with Gasteiger partial charge in [0.25, 0.3) is 0 Å². The summed E-state index contributed by atoms with van der Waals surface area (Å²) in [5.74, 6) is 0.0929. The topological polar surface area (TPSA) is 95.7 Å². The van der Waals surface area contributed by atoms with E-state index in [0.29, 0.717) is 17.6 Å². The van der Waals surface area contributed by atoms with E-state index in [2.05, 4.69) is 35.4 Å². The summed E-state index contributed by atoms with van der Waals surface area (Å²) in [6.45, 7) is 0. The third-order valence-electron chi connectivity index (χ3n) is 8.79. The predicted octanol–water partition coefficient (Wildman–Crippen LogP) is 6.08. The first-order valence-corrected chi connectivity index (χ1v) is 13.6. The van der Waals surface area contributed by atoms with Gasteiger partial charge in [-0.2, -0.15) is 4.98 Å². The van der Waals surface area contributed by atoms with Gasteiger partial charge in [-0.25, -0.2) is 4.98 Å². The fourth-order valence-corrected chi connectivity index (χ4v) is 7.05. The van der Waals surface area contributed by atoms with E-state index in [9.17, 15) is 15.3 Å². The molecule has 6 aliphatic carbocycles. The molecule has 1 saturated carbocycles. The lowest BCUT2D eigenvalue weighted by atomic mass is 9.61. The van der Waals surface area contributed by atoms with Crippen LogP contribution in [0.2, 0.25) is 0 Å². The van der Waals surface area contributed by atoms with Gasteiger partial charge in [-0.15, -0.1) is 0 Å². The molecule has 0 amide bonds. The number of hydrogen-bond donors (Lipinski definition) is 3. The smallest absolute Gasteiger partial charge is 0.217 e. The molecule has 4 atom stereocenters. The lowest BCUT2D eigenvalue weighted by molar-refractivity contribution is 0.161. The van der Waals surface area contributed by atoms with Crippen molar-refractivity contribution in [3.8, 4) is 5.88 Å². The Balaban J connectivity index is 1.33. The minimum absolute atomic E-state index is 0.113. The zero-order chi connectivity index (χ0) is 25.1. The molecule has 1 aromatic rings. The number of nitrogens with zero attached hydrogens (tertiary/aromatic N) is 2. The first-order valence-electron chi connectivity index (χ1n) is 13.6. The summed E-state index contributed by atoms with van der Waals surface area (Å²) in [4.78, 5) is 9.58. The fraction of sp³-hybridized carbons (Fsp3) is 0.419. The lowest BCUT2D eigenvalue weighted by Crippen LogP contribution is -2.30. The third kappa shape index (κ3) is 3.89. The van der Waals surface area contributed by atoms with Crippen LogP contribution in [0.15, 0.2) is 82.4 Å². The van der Waals surface area contributed by atoms with Crippen molar-refractivity contribution in [3.63, 3.8) is 0 Å². The summed E-state index contributed by atoms with van der Waals surface area (Å²) < 4.78 is 6.32. The van der Waals surface area contributed by atoms with E-state index in [0.717, 1.165) is 62.6 Å². The van der Waals surface area contributed by atoms with E-state index >= 15 is 0 Å². The van der Waals surface area contributed by atoms with Crippen LogP contribution in [0, 0.1) is 11.8 Å². The summed E-state index contributed by atoms with van der Waals surface area (Å²) in [7, 11) is 0. The summed E-state index contributed by atoms with van der Waals surface area (Å²) in [5, 5.41) is 31.2. The van der Waals surface area contributed by atoms with Gasteiger partial charge in [0, 0.05) is 24.0 Å². The minimum atomic E-state index is -1.14. The fourth-order valence-electron chi connectivity index (χ4n) is 7.05. The molecule has 37 heavy (non-hydrogen) atoms. The average Bonchev–Trinajstić information content (AvgIpc) is 3.39. The van der Waals surface area contributed by atoms with Gasteiger partial charge in [0.1, 0.15) is 29.4 Å². The second-order valence-corrected chi connectivity index (χ2v) is 11.0. The van der Waals surface area contributed by atoms with Crippen molar-refractivity contribution in [2.45, 2.75) is 69.5 Å². The van der Waals surface area contributed by atoms with Gasteiger partial charge in [0.2, 0.25) is 5.88 Å². The number of aliphatic hydroxyl groups is 3. The molecule has 0 aromatic carbocycles. The molecule has 6 nitrogen and oxygen atoms in total. The second-order valence-electron chi connectivity index (χ2n) is 11.0. The molecular formula is C31H32N2O4. The van der Waals surface area contributed by atoms with Crippen LogP contribution in [0.4, 0.5) is 0 Å². The van der Waals surface area contributed by atoms with Crippen LogP contribution < -0.4 is 4.74 Å². The maximum atomic E-state index is 10.7. The molecule has 1 heterocycles. The van der Waals surface area contributed by atoms with Crippen LogP contribution in [-0.2, 0) is 0 Å². The highest BCUT2D eigenvalue weighted by molar-refractivity contribution is 5.75. The van der Waals surface area contributed by atoms with E-state index in [1.54, 1.807) is 5.57 Å². The molecule has 0 radical (unpaired) electrons. The molecule has 4 unspecified atom stereocenters. The Morgan fingerprint density at radius 3 is 2.68 bits per heavy atom. The monoisotopic (exact) mass is 496 g/mol. The van der Waals surface area contributed by atoms with Crippen molar-refractivity contribution in [2.24, 2.45) is 11.8 Å². The van der Waals surface area contributed by atoms with Crippen LogP contribution in [0.1, 0.15) is 68.8 Å². The van der Waals surface area contributed by atoms with Crippen molar-refractivity contribution in [1.82, 2.24) is 9.97 Å².